The Kier molecular flexibility index (Phi) is 1.26. The largest absolute Gasteiger partial charge is 0.283 e. The van der Waals surface area contributed by atoms with E-state index in [1.165, 1.54) is 30.7 Å². The molecule has 0 radical (unpaired) electrons. The zero-order chi connectivity index (χ0) is 6.97. The van der Waals surface area contributed by atoms with E-state index in [0.717, 1.165) is 5.92 Å². The third-order valence-electron chi connectivity index (χ3n) is 1.95. The van der Waals surface area contributed by atoms with Crippen molar-refractivity contribution in [3.05, 3.63) is 17.5 Å². The van der Waals surface area contributed by atoms with Crippen molar-refractivity contribution in [3.63, 3.8) is 0 Å². The lowest BCUT2D eigenvalue weighted by Gasteiger charge is -1.87. The van der Waals surface area contributed by atoms with Gasteiger partial charge >= 0.3 is 0 Å². The third kappa shape index (κ3) is 1.20. The molecule has 1 heterocycles. The molecular weight excluding hydrogens is 124 g/mol. The van der Waals surface area contributed by atoms with Crippen LogP contribution in [0.2, 0.25) is 0 Å². The molecule has 0 atom stereocenters. The lowest BCUT2D eigenvalue weighted by Crippen LogP contribution is -1.85. The minimum absolute atomic E-state index is 0.947. The molecule has 0 aliphatic heterocycles. The van der Waals surface area contributed by atoms with E-state index in [9.17, 15) is 0 Å². The predicted molar refractivity (Wildman–Crippen MR) is 39.8 cm³/mol. The quantitative estimate of drug-likeness (QED) is 0.658. The van der Waals surface area contributed by atoms with Crippen LogP contribution < -0.4 is 0 Å². The number of nitrogens with one attached hydrogen (secondary N) is 1. The van der Waals surface area contributed by atoms with Crippen molar-refractivity contribution in [3.8, 4) is 0 Å². The van der Waals surface area contributed by atoms with Crippen LogP contribution in [0, 0.1) is 12.8 Å². The maximum absolute atomic E-state index is 4.17. The molecule has 0 saturated heterocycles. The maximum Gasteiger partial charge on any atom is 0.0627 e. The molecule has 2 heteroatoms. The molecule has 1 saturated carbocycles. The molecule has 0 aromatic carbocycles. The van der Waals surface area contributed by atoms with E-state index in [2.05, 4.69) is 16.3 Å². The molecule has 0 unspecified atom stereocenters. The van der Waals surface area contributed by atoms with E-state index in [0.29, 0.717) is 0 Å². The van der Waals surface area contributed by atoms with E-state index in [-0.39, 0.29) is 0 Å². The van der Waals surface area contributed by atoms with Crippen LogP contribution in [-0.2, 0) is 6.42 Å². The fraction of sp³-hybridized carbons (Fsp3) is 0.625. The number of aryl methyl sites for hydroxylation is 1. The van der Waals surface area contributed by atoms with Crippen LogP contribution in [0.3, 0.4) is 0 Å². The topological polar surface area (TPSA) is 28.7 Å². The number of H-pyrrole nitrogens is 1. The molecule has 1 fully saturated rings. The van der Waals surface area contributed by atoms with E-state index in [1.54, 1.807) is 0 Å². The average Bonchev–Trinajstić information content (AvgIpc) is 2.59. The summed E-state index contributed by atoms with van der Waals surface area (Å²) in [6.07, 6.45) is 4.00. The molecule has 0 amide bonds. The Morgan fingerprint density at radius 3 is 3.00 bits per heavy atom. The first-order valence-corrected chi connectivity index (χ1v) is 3.85. The summed E-state index contributed by atoms with van der Waals surface area (Å²) in [7, 11) is 0. The van der Waals surface area contributed by atoms with Crippen LogP contribution in [0.1, 0.15) is 24.2 Å². The fourth-order valence-corrected chi connectivity index (χ4v) is 1.20. The van der Waals surface area contributed by atoms with Crippen LogP contribution in [-0.4, -0.2) is 10.2 Å². The Morgan fingerprint density at radius 2 is 2.50 bits per heavy atom. The summed E-state index contributed by atoms with van der Waals surface area (Å²) in [4.78, 5) is 0. The van der Waals surface area contributed by atoms with Gasteiger partial charge in [0, 0.05) is 5.69 Å². The van der Waals surface area contributed by atoms with Crippen LogP contribution >= 0.6 is 0 Å². The SMILES string of the molecule is Cc1cc(CC2CC2)n[nH]1. The molecule has 1 aliphatic carbocycles. The second-order valence-corrected chi connectivity index (χ2v) is 3.19. The van der Waals surface area contributed by atoms with Crippen molar-refractivity contribution in [2.45, 2.75) is 26.2 Å². The highest BCUT2D eigenvalue weighted by molar-refractivity contribution is 5.08. The predicted octanol–water partition coefficient (Wildman–Crippen LogP) is 1.67. The summed E-state index contributed by atoms with van der Waals surface area (Å²) >= 11 is 0. The normalized spacial score (nSPS) is 17.7. The highest BCUT2D eigenvalue weighted by atomic mass is 15.1. The number of aromatic amines is 1. The number of aromatic nitrogens is 2. The third-order valence-corrected chi connectivity index (χ3v) is 1.95. The van der Waals surface area contributed by atoms with Gasteiger partial charge in [-0.3, -0.25) is 5.10 Å². The first-order chi connectivity index (χ1) is 4.84. The Hall–Kier alpha value is -0.790. The standard InChI is InChI=1S/C8H12N2/c1-6-4-8(10-9-6)5-7-2-3-7/h4,7H,2-3,5H2,1H3,(H,9,10). The van der Waals surface area contributed by atoms with Crippen molar-refractivity contribution >= 4 is 0 Å². The van der Waals surface area contributed by atoms with Crippen LogP contribution in [0.5, 0.6) is 0 Å². The lowest BCUT2D eigenvalue weighted by molar-refractivity contribution is 0.796. The van der Waals surface area contributed by atoms with Gasteiger partial charge in [-0.15, -0.1) is 0 Å². The summed E-state index contributed by atoms with van der Waals surface area (Å²) in [6.45, 7) is 2.05. The zero-order valence-electron chi connectivity index (χ0n) is 6.22. The van der Waals surface area contributed by atoms with E-state index in [4.69, 9.17) is 0 Å². The molecule has 54 valence electrons. The Morgan fingerprint density at radius 1 is 1.70 bits per heavy atom. The molecular formula is C8H12N2. The first-order valence-electron chi connectivity index (χ1n) is 3.85. The van der Waals surface area contributed by atoms with Gasteiger partial charge < -0.3 is 0 Å². The second-order valence-electron chi connectivity index (χ2n) is 3.19. The molecule has 2 rings (SSSR count). The number of nitrogens with zero attached hydrogens (tertiary/aromatic N) is 1. The van der Waals surface area contributed by atoms with Crippen LogP contribution in [0.25, 0.3) is 0 Å². The van der Waals surface area contributed by atoms with E-state index in [1.807, 2.05) is 6.92 Å². The van der Waals surface area contributed by atoms with Crippen molar-refractivity contribution < 1.29 is 0 Å². The zero-order valence-corrected chi connectivity index (χ0v) is 6.22. The van der Waals surface area contributed by atoms with Gasteiger partial charge in [-0.05, 0) is 38.2 Å². The maximum atomic E-state index is 4.17. The Bertz CT molecular complexity index is 223. The monoisotopic (exact) mass is 136 g/mol. The van der Waals surface area contributed by atoms with Gasteiger partial charge in [0.2, 0.25) is 0 Å². The fourth-order valence-electron chi connectivity index (χ4n) is 1.20. The molecule has 1 N–H and O–H groups in total. The van der Waals surface area contributed by atoms with Crippen LogP contribution in [0.4, 0.5) is 0 Å². The average molecular weight is 136 g/mol. The number of rotatable bonds is 2. The van der Waals surface area contributed by atoms with Gasteiger partial charge in [-0.25, -0.2) is 0 Å². The van der Waals surface area contributed by atoms with Gasteiger partial charge in [0.25, 0.3) is 0 Å². The highest BCUT2D eigenvalue weighted by Gasteiger charge is 2.22. The molecule has 2 nitrogen and oxygen atoms in total. The molecule has 0 spiro atoms. The van der Waals surface area contributed by atoms with E-state index >= 15 is 0 Å². The minimum Gasteiger partial charge on any atom is -0.283 e. The van der Waals surface area contributed by atoms with Crippen molar-refractivity contribution in [2.75, 3.05) is 0 Å². The van der Waals surface area contributed by atoms with E-state index < -0.39 is 0 Å². The van der Waals surface area contributed by atoms with Gasteiger partial charge in [-0.2, -0.15) is 5.10 Å². The molecule has 10 heavy (non-hydrogen) atoms. The molecule has 1 aliphatic rings. The summed E-state index contributed by atoms with van der Waals surface area (Å²) in [6, 6.07) is 2.14. The van der Waals surface area contributed by atoms with Gasteiger partial charge in [0.15, 0.2) is 0 Å². The second kappa shape index (κ2) is 2.11. The summed E-state index contributed by atoms with van der Waals surface area (Å²) in [5.41, 5.74) is 2.41. The van der Waals surface area contributed by atoms with Crippen molar-refractivity contribution in [1.82, 2.24) is 10.2 Å². The Labute approximate surface area is 60.6 Å². The van der Waals surface area contributed by atoms with Crippen LogP contribution in [0.15, 0.2) is 6.07 Å². The molecule has 1 aromatic heterocycles. The molecule has 1 aromatic rings. The molecule has 0 bridgehead atoms. The highest BCUT2D eigenvalue weighted by Crippen LogP contribution is 2.31. The smallest absolute Gasteiger partial charge is 0.0627 e. The summed E-state index contributed by atoms with van der Waals surface area (Å²) in [5.74, 6) is 0.947. The number of hydrogen-bond acceptors (Lipinski definition) is 1. The number of hydrogen-bond donors (Lipinski definition) is 1. The van der Waals surface area contributed by atoms with Crippen molar-refractivity contribution in [2.24, 2.45) is 5.92 Å². The lowest BCUT2D eigenvalue weighted by atomic mass is 10.2. The van der Waals surface area contributed by atoms with Gasteiger partial charge in [0.1, 0.15) is 0 Å². The van der Waals surface area contributed by atoms with Gasteiger partial charge in [0.05, 0.1) is 5.69 Å². The summed E-state index contributed by atoms with van der Waals surface area (Å²) < 4.78 is 0. The Balaban J connectivity index is 2.03. The van der Waals surface area contributed by atoms with Crippen molar-refractivity contribution in [1.29, 1.82) is 0 Å². The first kappa shape index (κ1) is 5.96. The summed E-state index contributed by atoms with van der Waals surface area (Å²) in [5, 5.41) is 7.12. The minimum atomic E-state index is 0.947. The van der Waals surface area contributed by atoms with Gasteiger partial charge in [-0.1, -0.05) is 0 Å².